The number of ether oxygens (including phenoxy) is 1. The first kappa shape index (κ1) is 19.3. The number of H-pyrrole nitrogens is 1. The number of nitrogens with zero attached hydrogens (tertiary/aromatic N) is 2. The molecule has 152 valence electrons. The maximum absolute atomic E-state index is 13.0. The first-order valence-electron chi connectivity index (χ1n) is 9.06. The van der Waals surface area contributed by atoms with E-state index in [-0.39, 0.29) is 11.7 Å². The molecule has 8 nitrogen and oxygen atoms in total. The fraction of sp³-hybridized carbons (Fsp3) is 0.143. The van der Waals surface area contributed by atoms with Crippen LogP contribution in [0.3, 0.4) is 0 Å². The van der Waals surface area contributed by atoms with Crippen molar-refractivity contribution in [1.29, 1.82) is 0 Å². The van der Waals surface area contributed by atoms with Gasteiger partial charge in [-0.25, -0.2) is 9.18 Å². The predicted octanol–water partition coefficient (Wildman–Crippen LogP) is 2.94. The Morgan fingerprint density at radius 1 is 1.20 bits per heavy atom. The van der Waals surface area contributed by atoms with Crippen LogP contribution in [0.5, 0.6) is 0 Å². The zero-order valence-electron chi connectivity index (χ0n) is 15.8. The Morgan fingerprint density at radius 2 is 1.93 bits per heavy atom. The van der Waals surface area contributed by atoms with Gasteiger partial charge in [-0.05, 0) is 37.3 Å². The third-order valence-electron chi connectivity index (χ3n) is 4.51. The lowest BCUT2D eigenvalue weighted by atomic mass is 10.1. The van der Waals surface area contributed by atoms with Gasteiger partial charge in [0, 0.05) is 28.2 Å². The highest BCUT2D eigenvalue weighted by molar-refractivity contribution is 6.10. The van der Waals surface area contributed by atoms with Crippen LogP contribution in [-0.4, -0.2) is 32.6 Å². The molecule has 4 rings (SSSR count). The van der Waals surface area contributed by atoms with Crippen LogP contribution in [0.2, 0.25) is 0 Å². The number of benzene rings is 2. The minimum absolute atomic E-state index is 0.0595. The van der Waals surface area contributed by atoms with Crippen LogP contribution < -0.4 is 5.76 Å². The normalized spacial score (nSPS) is 12.1. The van der Waals surface area contributed by atoms with Crippen LogP contribution in [0.1, 0.15) is 17.3 Å². The van der Waals surface area contributed by atoms with Gasteiger partial charge in [0.25, 0.3) is 0 Å². The molecule has 0 fully saturated rings. The molecule has 0 saturated heterocycles. The number of aromatic nitrogens is 3. The molecule has 0 radical (unpaired) electrons. The molecule has 30 heavy (non-hydrogen) atoms. The Hall–Kier alpha value is -4.01. The lowest BCUT2D eigenvalue weighted by Gasteiger charge is -2.11. The number of aromatic amines is 1. The molecule has 0 saturated carbocycles. The van der Waals surface area contributed by atoms with E-state index in [0.717, 1.165) is 15.6 Å². The molecule has 0 amide bonds. The molecule has 0 bridgehead atoms. The van der Waals surface area contributed by atoms with Gasteiger partial charge < -0.3 is 14.1 Å². The van der Waals surface area contributed by atoms with Crippen molar-refractivity contribution in [2.45, 2.75) is 19.6 Å². The number of para-hydroxylation sites is 1. The molecular formula is C21H16FN3O5. The number of carbonyl (C=O) groups excluding carboxylic acids is 2. The van der Waals surface area contributed by atoms with Gasteiger partial charge >= 0.3 is 11.7 Å². The molecule has 2 aromatic heterocycles. The predicted molar refractivity (Wildman–Crippen MR) is 104 cm³/mol. The number of carbonyl (C=O) groups is 2. The van der Waals surface area contributed by atoms with Gasteiger partial charge in [-0.2, -0.15) is 4.68 Å². The topological polar surface area (TPSA) is 107 Å². The second-order valence-corrected chi connectivity index (χ2v) is 6.58. The van der Waals surface area contributed by atoms with Crippen molar-refractivity contribution in [3.63, 3.8) is 0 Å². The second-order valence-electron chi connectivity index (χ2n) is 6.58. The van der Waals surface area contributed by atoms with Crippen molar-refractivity contribution >= 4 is 22.7 Å². The van der Waals surface area contributed by atoms with Gasteiger partial charge in [0.2, 0.25) is 11.7 Å². The maximum Gasteiger partial charge on any atom is 0.437 e. The van der Waals surface area contributed by atoms with Crippen LogP contribution in [0.15, 0.2) is 63.9 Å². The van der Waals surface area contributed by atoms with E-state index in [2.05, 4.69) is 10.1 Å². The molecule has 0 aliphatic carbocycles. The number of nitrogens with one attached hydrogen (secondary N) is 1. The number of hydrogen-bond acceptors (Lipinski definition) is 6. The highest BCUT2D eigenvalue weighted by atomic mass is 19.1. The van der Waals surface area contributed by atoms with Crippen molar-refractivity contribution in [3.05, 3.63) is 76.7 Å². The van der Waals surface area contributed by atoms with Crippen molar-refractivity contribution in [2.75, 3.05) is 0 Å². The number of rotatable bonds is 6. The molecule has 9 heteroatoms. The molecule has 0 aliphatic rings. The summed E-state index contributed by atoms with van der Waals surface area (Å²) in [6.07, 6.45) is 0.505. The summed E-state index contributed by atoms with van der Waals surface area (Å²) in [5, 5.41) is 4.64. The number of fused-ring (bicyclic) bond motifs is 1. The lowest BCUT2D eigenvalue weighted by molar-refractivity contribution is -0.147. The molecule has 4 aromatic rings. The summed E-state index contributed by atoms with van der Waals surface area (Å²) < 4.78 is 24.0. The van der Waals surface area contributed by atoms with Crippen molar-refractivity contribution in [2.24, 2.45) is 0 Å². The van der Waals surface area contributed by atoms with E-state index in [4.69, 9.17) is 9.15 Å². The maximum atomic E-state index is 13.0. The zero-order chi connectivity index (χ0) is 21.3. The number of hydrogen-bond donors (Lipinski definition) is 1. The van der Waals surface area contributed by atoms with Crippen molar-refractivity contribution in [3.8, 4) is 11.5 Å². The molecule has 1 N–H and O–H groups in total. The highest BCUT2D eigenvalue weighted by Crippen LogP contribution is 2.20. The lowest BCUT2D eigenvalue weighted by Crippen LogP contribution is -2.29. The number of halogens is 1. The summed E-state index contributed by atoms with van der Waals surface area (Å²) in [4.78, 5) is 39.8. The van der Waals surface area contributed by atoms with Crippen molar-refractivity contribution < 1.29 is 23.1 Å². The monoisotopic (exact) mass is 409 g/mol. The van der Waals surface area contributed by atoms with E-state index in [9.17, 15) is 18.8 Å². The smallest absolute Gasteiger partial charge is 0.437 e. The van der Waals surface area contributed by atoms with E-state index < -0.39 is 30.2 Å². The Bertz CT molecular complexity index is 1290. The van der Waals surface area contributed by atoms with Crippen LogP contribution in [0.25, 0.3) is 22.4 Å². The Kier molecular flexibility index (Phi) is 5.01. The summed E-state index contributed by atoms with van der Waals surface area (Å²) in [6.45, 7) is 0.923. The van der Waals surface area contributed by atoms with Crippen LogP contribution in [0.4, 0.5) is 4.39 Å². The standard InChI is InChI=1S/C21H16FN3O5/c1-12(19(27)16-10-23-17-5-3-2-4-15(16)17)29-18(26)11-25-21(28)30-20(24-25)13-6-8-14(22)9-7-13/h2-10,12,23H,11H2,1H3. The van der Waals surface area contributed by atoms with Gasteiger partial charge in [-0.1, -0.05) is 18.2 Å². The van der Waals surface area contributed by atoms with Gasteiger partial charge in [-0.15, -0.1) is 5.10 Å². The first-order valence-corrected chi connectivity index (χ1v) is 9.06. The number of Topliss-reactive ketones (excluding diaryl/α,β-unsaturated/α-hetero) is 1. The molecule has 0 aliphatic heterocycles. The van der Waals surface area contributed by atoms with Crippen LogP contribution >= 0.6 is 0 Å². The summed E-state index contributed by atoms with van der Waals surface area (Å²) in [7, 11) is 0. The van der Waals surface area contributed by atoms with Crippen molar-refractivity contribution in [1.82, 2.24) is 14.8 Å². The summed E-state index contributed by atoms with van der Waals surface area (Å²) >= 11 is 0. The average Bonchev–Trinajstić information content (AvgIpc) is 3.31. The first-order chi connectivity index (χ1) is 14.4. The SMILES string of the molecule is CC(OC(=O)Cn1nc(-c2ccc(F)cc2)oc1=O)C(=O)c1c[nH]c2ccccc12. The van der Waals surface area contributed by atoms with E-state index in [1.54, 1.807) is 18.3 Å². The fourth-order valence-electron chi connectivity index (χ4n) is 3.02. The van der Waals surface area contributed by atoms with Gasteiger partial charge in [-0.3, -0.25) is 9.59 Å². The molecule has 2 aromatic carbocycles. The minimum Gasteiger partial charge on any atom is -0.453 e. The molecule has 1 unspecified atom stereocenters. The quantitative estimate of drug-likeness (QED) is 0.388. The highest BCUT2D eigenvalue weighted by Gasteiger charge is 2.23. The largest absolute Gasteiger partial charge is 0.453 e. The third-order valence-corrected chi connectivity index (χ3v) is 4.51. The molecule has 1 atom stereocenters. The Morgan fingerprint density at radius 3 is 2.70 bits per heavy atom. The molecule has 0 spiro atoms. The van der Waals surface area contributed by atoms with Crippen LogP contribution in [-0.2, 0) is 16.1 Å². The van der Waals surface area contributed by atoms with E-state index in [1.165, 1.54) is 31.2 Å². The second kappa shape index (κ2) is 7.78. The van der Waals surface area contributed by atoms with E-state index in [0.29, 0.717) is 11.1 Å². The van der Waals surface area contributed by atoms with Gasteiger partial charge in [0.15, 0.2) is 6.10 Å². The van der Waals surface area contributed by atoms with Gasteiger partial charge in [0.1, 0.15) is 12.4 Å². The van der Waals surface area contributed by atoms with E-state index >= 15 is 0 Å². The summed E-state index contributed by atoms with van der Waals surface area (Å²) in [5.74, 6) is -2.58. The Labute approximate surface area is 168 Å². The third kappa shape index (κ3) is 3.77. The van der Waals surface area contributed by atoms with Gasteiger partial charge in [0.05, 0.1) is 0 Å². The fourth-order valence-corrected chi connectivity index (χ4v) is 3.02. The van der Waals surface area contributed by atoms with E-state index in [1.807, 2.05) is 12.1 Å². The number of esters is 1. The zero-order valence-corrected chi connectivity index (χ0v) is 15.8. The van der Waals surface area contributed by atoms with Crippen LogP contribution in [0, 0.1) is 5.82 Å². The number of ketones is 1. The molecule has 2 heterocycles. The molecular weight excluding hydrogens is 393 g/mol. The Balaban J connectivity index is 1.45. The average molecular weight is 409 g/mol. The minimum atomic E-state index is -1.06. The summed E-state index contributed by atoms with van der Waals surface area (Å²) in [5.41, 5.74) is 1.58. The summed E-state index contributed by atoms with van der Waals surface area (Å²) in [6, 6.07) is 12.4.